The first-order valence-electron chi connectivity index (χ1n) is 6.71. The number of hydrogen-bond acceptors (Lipinski definition) is 7. The minimum Gasteiger partial charge on any atom is -0.462 e. The Bertz CT molecular complexity index is 304. The van der Waals surface area contributed by atoms with Gasteiger partial charge >= 0.3 is 11.9 Å². The molecule has 0 aromatic carbocycles. The normalized spacial score (nSPS) is 9.14. The second kappa shape index (κ2) is 14.6. The Morgan fingerprint density at radius 2 is 1.05 bits per heavy atom. The van der Waals surface area contributed by atoms with Crippen molar-refractivity contribution in [3.63, 3.8) is 0 Å². The predicted molar refractivity (Wildman–Crippen MR) is 74.7 cm³/mol. The van der Waals surface area contributed by atoms with Crippen LogP contribution in [0.1, 0.15) is 40.5 Å². The molecule has 0 aliphatic carbocycles. The highest BCUT2D eigenvalue weighted by atomic mass is 16.6. The Kier molecular flexibility index (Phi) is 15.0. The summed E-state index contributed by atoms with van der Waals surface area (Å²) in [6, 6.07) is 0. The summed E-state index contributed by atoms with van der Waals surface area (Å²) in [4.78, 5) is 42.7. The second-order valence-corrected chi connectivity index (χ2v) is 3.98. The van der Waals surface area contributed by atoms with Gasteiger partial charge in [-0.2, -0.15) is 0 Å². The number of carbonyl (C=O) groups is 4. The molecule has 0 amide bonds. The van der Waals surface area contributed by atoms with Crippen LogP contribution in [0.5, 0.6) is 0 Å². The fraction of sp³-hybridized carbons (Fsp3) is 0.714. The highest BCUT2D eigenvalue weighted by Gasteiger charge is 2.08. The van der Waals surface area contributed by atoms with Crippen molar-refractivity contribution in [1.82, 2.24) is 0 Å². The molecule has 0 aromatic rings. The number of ether oxygens (including phenoxy) is 3. The van der Waals surface area contributed by atoms with Crippen molar-refractivity contribution in [3.8, 4) is 0 Å². The highest BCUT2D eigenvalue weighted by Crippen LogP contribution is 1.91. The summed E-state index contributed by atoms with van der Waals surface area (Å²) >= 11 is 0. The number of rotatable bonds is 9. The zero-order valence-corrected chi connectivity index (χ0v) is 13.1. The van der Waals surface area contributed by atoms with Gasteiger partial charge in [-0.05, 0) is 27.7 Å². The minimum absolute atomic E-state index is 0.115. The summed E-state index contributed by atoms with van der Waals surface area (Å²) in [5.41, 5.74) is 0. The van der Waals surface area contributed by atoms with Gasteiger partial charge in [0.15, 0.2) is 0 Å². The van der Waals surface area contributed by atoms with E-state index in [4.69, 9.17) is 4.74 Å². The van der Waals surface area contributed by atoms with Crippen molar-refractivity contribution in [2.24, 2.45) is 0 Å². The van der Waals surface area contributed by atoms with Crippen LogP contribution in [0.4, 0.5) is 0 Å². The van der Waals surface area contributed by atoms with Crippen LogP contribution in [0.3, 0.4) is 0 Å². The van der Waals surface area contributed by atoms with E-state index in [-0.39, 0.29) is 37.6 Å². The topological polar surface area (TPSA) is 96.0 Å². The second-order valence-electron chi connectivity index (χ2n) is 3.98. The molecule has 0 radical (unpaired) electrons. The minimum atomic E-state index is -0.657. The third-order valence-electron chi connectivity index (χ3n) is 1.80. The van der Waals surface area contributed by atoms with Crippen LogP contribution >= 0.6 is 0 Å². The van der Waals surface area contributed by atoms with E-state index >= 15 is 0 Å². The van der Waals surface area contributed by atoms with Gasteiger partial charge in [-0.25, -0.2) is 0 Å². The summed E-state index contributed by atoms with van der Waals surface area (Å²) < 4.78 is 14.0. The standard InChI is InChI=1S/C10H14O6.C4H10O/c1-7(11)5-9(13)15-3-4-16-10(14)6-8(2)12;1-3-5-4-2/h3-6H2,1-2H3;3-4H2,1-2H3. The van der Waals surface area contributed by atoms with Crippen LogP contribution in [-0.4, -0.2) is 49.9 Å². The van der Waals surface area contributed by atoms with Crippen molar-refractivity contribution in [2.45, 2.75) is 40.5 Å². The Morgan fingerprint density at radius 3 is 1.24 bits per heavy atom. The van der Waals surface area contributed by atoms with Gasteiger partial charge < -0.3 is 14.2 Å². The molecule has 0 spiro atoms. The first-order valence-corrected chi connectivity index (χ1v) is 6.71. The average molecular weight is 304 g/mol. The molecule has 0 N–H and O–H groups in total. The molecular formula is C14H24O7. The maximum absolute atomic E-state index is 10.8. The van der Waals surface area contributed by atoms with Gasteiger partial charge in [-0.1, -0.05) is 0 Å². The maximum atomic E-state index is 10.8. The first-order chi connectivity index (χ1) is 9.83. The summed E-state index contributed by atoms with van der Waals surface area (Å²) in [5.74, 6) is -1.90. The molecule has 0 heterocycles. The lowest BCUT2D eigenvalue weighted by Crippen LogP contribution is -2.16. The number of Topliss-reactive ketones (excluding diaryl/α,β-unsaturated/α-hetero) is 2. The Balaban J connectivity index is 0. The van der Waals surface area contributed by atoms with Crippen molar-refractivity contribution >= 4 is 23.5 Å². The number of hydrogen-bond donors (Lipinski definition) is 0. The molecule has 7 heteroatoms. The Hall–Kier alpha value is -1.76. The van der Waals surface area contributed by atoms with E-state index in [0.717, 1.165) is 13.2 Å². The van der Waals surface area contributed by atoms with E-state index in [0.29, 0.717) is 0 Å². The summed E-state index contributed by atoms with van der Waals surface area (Å²) in [5, 5.41) is 0. The monoisotopic (exact) mass is 304 g/mol. The SMILES string of the molecule is CC(=O)CC(=O)OCCOC(=O)CC(C)=O.CCOCC. The van der Waals surface area contributed by atoms with Gasteiger partial charge in [-0.3, -0.25) is 19.2 Å². The van der Waals surface area contributed by atoms with E-state index in [1.807, 2.05) is 13.8 Å². The van der Waals surface area contributed by atoms with Crippen LogP contribution in [0, 0.1) is 0 Å². The molecule has 7 nitrogen and oxygen atoms in total. The molecule has 0 bridgehead atoms. The number of ketones is 2. The van der Waals surface area contributed by atoms with Gasteiger partial charge in [0.2, 0.25) is 0 Å². The lowest BCUT2D eigenvalue weighted by molar-refractivity contribution is -0.154. The zero-order valence-electron chi connectivity index (χ0n) is 13.1. The molecule has 0 aliphatic rings. The molecule has 0 fully saturated rings. The molecule has 0 aromatic heterocycles. The third-order valence-corrected chi connectivity index (χ3v) is 1.80. The lowest BCUT2D eigenvalue weighted by atomic mass is 10.3. The van der Waals surface area contributed by atoms with Gasteiger partial charge in [0.25, 0.3) is 0 Å². The molecule has 0 atom stereocenters. The van der Waals surface area contributed by atoms with Crippen molar-refractivity contribution in [3.05, 3.63) is 0 Å². The molecule has 21 heavy (non-hydrogen) atoms. The Labute approximate surface area is 124 Å². The predicted octanol–water partition coefficient (Wildman–Crippen LogP) is 1.07. The van der Waals surface area contributed by atoms with Gasteiger partial charge in [0.1, 0.15) is 37.6 Å². The van der Waals surface area contributed by atoms with Gasteiger partial charge in [0, 0.05) is 13.2 Å². The third kappa shape index (κ3) is 20.7. The van der Waals surface area contributed by atoms with E-state index in [1.165, 1.54) is 13.8 Å². The summed E-state index contributed by atoms with van der Waals surface area (Å²) in [7, 11) is 0. The van der Waals surface area contributed by atoms with Crippen molar-refractivity contribution < 1.29 is 33.4 Å². The van der Waals surface area contributed by atoms with Gasteiger partial charge in [-0.15, -0.1) is 0 Å². The first kappa shape index (κ1) is 21.5. The van der Waals surface area contributed by atoms with E-state index < -0.39 is 11.9 Å². The van der Waals surface area contributed by atoms with Crippen molar-refractivity contribution in [2.75, 3.05) is 26.4 Å². The number of carbonyl (C=O) groups excluding carboxylic acids is 4. The van der Waals surface area contributed by atoms with E-state index in [2.05, 4.69) is 9.47 Å². The molecule has 0 aliphatic heterocycles. The number of esters is 2. The van der Waals surface area contributed by atoms with E-state index in [9.17, 15) is 19.2 Å². The van der Waals surface area contributed by atoms with Crippen LogP contribution in [-0.2, 0) is 33.4 Å². The van der Waals surface area contributed by atoms with Crippen LogP contribution in [0.25, 0.3) is 0 Å². The quantitative estimate of drug-likeness (QED) is 0.357. The molecule has 122 valence electrons. The largest absolute Gasteiger partial charge is 0.462 e. The Morgan fingerprint density at radius 1 is 0.714 bits per heavy atom. The van der Waals surface area contributed by atoms with E-state index in [1.54, 1.807) is 0 Å². The zero-order chi connectivity index (χ0) is 16.7. The van der Waals surface area contributed by atoms with Crippen molar-refractivity contribution in [1.29, 1.82) is 0 Å². The average Bonchev–Trinajstić information content (AvgIpc) is 2.34. The molecule has 0 unspecified atom stereocenters. The molecule has 0 rings (SSSR count). The van der Waals surface area contributed by atoms with Crippen LogP contribution in [0.15, 0.2) is 0 Å². The fourth-order valence-electron chi connectivity index (χ4n) is 1.02. The smallest absolute Gasteiger partial charge is 0.313 e. The summed E-state index contributed by atoms with van der Waals surface area (Å²) in [6.45, 7) is 7.98. The van der Waals surface area contributed by atoms with Gasteiger partial charge in [0.05, 0.1) is 0 Å². The van der Waals surface area contributed by atoms with Crippen LogP contribution < -0.4 is 0 Å². The lowest BCUT2D eigenvalue weighted by Gasteiger charge is -2.04. The molecule has 0 saturated carbocycles. The fourth-order valence-corrected chi connectivity index (χ4v) is 1.02. The molecule has 0 saturated heterocycles. The van der Waals surface area contributed by atoms with Crippen LogP contribution in [0.2, 0.25) is 0 Å². The summed E-state index contributed by atoms with van der Waals surface area (Å²) in [6.07, 6.45) is -0.581. The maximum Gasteiger partial charge on any atom is 0.313 e. The highest BCUT2D eigenvalue weighted by molar-refractivity contribution is 5.94. The molecular weight excluding hydrogens is 280 g/mol.